The van der Waals surface area contributed by atoms with Crippen molar-refractivity contribution in [2.45, 2.75) is 15.8 Å². The maximum atomic E-state index is 13.4. The zero-order valence-electron chi connectivity index (χ0n) is 17.9. The van der Waals surface area contributed by atoms with Gasteiger partial charge in [0.25, 0.3) is 0 Å². The lowest BCUT2D eigenvalue weighted by molar-refractivity contribution is -0.120. The highest BCUT2D eigenvalue weighted by Crippen LogP contribution is 2.26. The van der Waals surface area contributed by atoms with E-state index in [2.05, 4.69) is 5.32 Å². The number of carbonyl (C=O) groups is 1. The first-order valence-corrected chi connectivity index (χ1v) is 13.6. The summed E-state index contributed by atoms with van der Waals surface area (Å²) in [6.45, 7) is -0.598. The molecule has 1 atom stereocenters. The van der Waals surface area contributed by atoms with Gasteiger partial charge < -0.3 is 5.32 Å². The number of hydrogen-bond acceptors (Lipinski definition) is 5. The molecule has 0 aliphatic carbocycles. The van der Waals surface area contributed by atoms with Crippen LogP contribution in [-0.2, 0) is 24.8 Å². The van der Waals surface area contributed by atoms with Crippen molar-refractivity contribution in [3.8, 4) is 0 Å². The van der Waals surface area contributed by atoms with Crippen molar-refractivity contribution in [3.63, 3.8) is 0 Å². The van der Waals surface area contributed by atoms with Crippen LogP contribution >= 0.6 is 11.6 Å². The van der Waals surface area contributed by atoms with Crippen LogP contribution in [0.25, 0.3) is 0 Å². The smallest absolute Gasteiger partial charge is 0.244 e. The Morgan fingerprint density at radius 1 is 0.765 bits per heavy atom. The highest BCUT2D eigenvalue weighted by Gasteiger charge is 2.43. The Kier molecular flexibility index (Phi) is 7.06. The number of amides is 1. The molecule has 0 saturated carbocycles. The Hall–Kier alpha value is -2.76. The first-order chi connectivity index (χ1) is 16.2. The monoisotopic (exact) mass is 519 g/mol. The van der Waals surface area contributed by atoms with Crippen LogP contribution in [0.2, 0.25) is 5.02 Å². The van der Waals surface area contributed by atoms with Gasteiger partial charge in [-0.2, -0.15) is 8.61 Å². The first kappa shape index (κ1) is 24.4. The third-order valence-electron chi connectivity index (χ3n) is 5.44. The van der Waals surface area contributed by atoms with Gasteiger partial charge in [-0.15, -0.1) is 0 Å². The van der Waals surface area contributed by atoms with Gasteiger partial charge in [-0.05, 0) is 48.5 Å². The summed E-state index contributed by atoms with van der Waals surface area (Å²) in [5.74, 6) is -0.644. The molecule has 1 aliphatic rings. The predicted octanol–water partition coefficient (Wildman–Crippen LogP) is 3.04. The van der Waals surface area contributed by atoms with Crippen molar-refractivity contribution in [1.82, 2.24) is 8.61 Å². The minimum Gasteiger partial charge on any atom is -0.325 e. The SMILES string of the molecule is O=C(Nc1ccc(Cl)cc1)[C@H]1CN(S(=O)(=O)c2ccccc2)CCN1S(=O)(=O)c1ccccc1. The van der Waals surface area contributed by atoms with Gasteiger partial charge in [0.2, 0.25) is 26.0 Å². The minimum atomic E-state index is -4.06. The van der Waals surface area contributed by atoms with Gasteiger partial charge in [0.05, 0.1) is 9.79 Å². The number of hydrogen-bond donors (Lipinski definition) is 1. The van der Waals surface area contributed by atoms with Crippen molar-refractivity contribution in [3.05, 3.63) is 90.0 Å². The molecular weight excluding hydrogens is 498 g/mol. The van der Waals surface area contributed by atoms with E-state index in [4.69, 9.17) is 11.6 Å². The summed E-state index contributed by atoms with van der Waals surface area (Å²) in [7, 11) is -7.98. The normalized spacial score (nSPS) is 17.9. The van der Waals surface area contributed by atoms with Gasteiger partial charge in [0, 0.05) is 30.3 Å². The van der Waals surface area contributed by atoms with E-state index in [1.165, 1.54) is 24.3 Å². The van der Waals surface area contributed by atoms with Crippen molar-refractivity contribution in [1.29, 1.82) is 0 Å². The van der Waals surface area contributed by atoms with Gasteiger partial charge in [0.1, 0.15) is 6.04 Å². The number of nitrogens with zero attached hydrogens (tertiary/aromatic N) is 2. The van der Waals surface area contributed by atoms with E-state index in [-0.39, 0.29) is 29.4 Å². The van der Waals surface area contributed by atoms with Crippen LogP contribution in [-0.4, -0.2) is 57.0 Å². The summed E-state index contributed by atoms with van der Waals surface area (Å²) in [6.07, 6.45) is 0. The van der Waals surface area contributed by atoms with Gasteiger partial charge in [0.15, 0.2) is 0 Å². The number of benzene rings is 3. The molecule has 34 heavy (non-hydrogen) atoms. The maximum Gasteiger partial charge on any atom is 0.244 e. The van der Waals surface area contributed by atoms with Crippen molar-refractivity contribution < 1.29 is 21.6 Å². The second-order valence-electron chi connectivity index (χ2n) is 7.62. The molecule has 8 nitrogen and oxygen atoms in total. The topological polar surface area (TPSA) is 104 Å². The predicted molar refractivity (Wildman–Crippen MR) is 129 cm³/mol. The van der Waals surface area contributed by atoms with E-state index in [1.807, 2.05) is 0 Å². The zero-order valence-corrected chi connectivity index (χ0v) is 20.3. The molecule has 1 aliphatic heterocycles. The molecule has 1 N–H and O–H groups in total. The van der Waals surface area contributed by atoms with E-state index in [9.17, 15) is 21.6 Å². The molecule has 1 saturated heterocycles. The van der Waals surface area contributed by atoms with E-state index in [0.717, 1.165) is 8.61 Å². The Balaban J connectivity index is 1.68. The molecule has 4 rings (SSSR count). The lowest BCUT2D eigenvalue weighted by atomic mass is 10.2. The van der Waals surface area contributed by atoms with Crippen molar-refractivity contribution in [2.24, 2.45) is 0 Å². The Bertz CT molecular complexity index is 1370. The van der Waals surface area contributed by atoms with Gasteiger partial charge in [-0.25, -0.2) is 16.8 Å². The molecule has 0 radical (unpaired) electrons. The third kappa shape index (κ3) is 5.01. The molecular formula is C23H22ClN3O5S2. The first-order valence-electron chi connectivity index (χ1n) is 10.4. The number of carbonyl (C=O) groups excluding carboxylic acids is 1. The Morgan fingerprint density at radius 2 is 1.29 bits per heavy atom. The summed E-state index contributed by atoms with van der Waals surface area (Å²) >= 11 is 5.90. The lowest BCUT2D eigenvalue weighted by Crippen LogP contribution is -2.60. The van der Waals surface area contributed by atoms with E-state index < -0.39 is 32.0 Å². The molecule has 178 valence electrons. The van der Waals surface area contributed by atoms with Crippen molar-refractivity contribution in [2.75, 3.05) is 25.0 Å². The molecule has 3 aromatic rings. The molecule has 1 heterocycles. The Morgan fingerprint density at radius 3 is 1.85 bits per heavy atom. The summed E-state index contributed by atoms with van der Waals surface area (Å²) in [4.78, 5) is 13.4. The van der Waals surface area contributed by atoms with E-state index >= 15 is 0 Å². The lowest BCUT2D eigenvalue weighted by Gasteiger charge is -2.38. The fourth-order valence-corrected chi connectivity index (χ4v) is 6.87. The average Bonchev–Trinajstić information content (AvgIpc) is 2.86. The third-order valence-corrected chi connectivity index (χ3v) is 9.49. The number of sulfonamides is 2. The van der Waals surface area contributed by atoms with Crippen LogP contribution in [0.4, 0.5) is 5.69 Å². The number of anilines is 1. The second-order valence-corrected chi connectivity index (χ2v) is 11.9. The minimum absolute atomic E-state index is 0.0265. The molecule has 0 spiro atoms. The van der Waals surface area contributed by atoms with Crippen LogP contribution < -0.4 is 5.32 Å². The highest BCUT2D eigenvalue weighted by molar-refractivity contribution is 7.89. The van der Waals surface area contributed by atoms with Crippen LogP contribution in [0, 0.1) is 0 Å². The maximum absolute atomic E-state index is 13.4. The number of piperazine rings is 1. The second kappa shape index (κ2) is 9.85. The van der Waals surface area contributed by atoms with Gasteiger partial charge in [-0.1, -0.05) is 48.0 Å². The Labute approximate surface area is 203 Å². The quantitative estimate of drug-likeness (QED) is 0.539. The van der Waals surface area contributed by atoms with Gasteiger partial charge >= 0.3 is 0 Å². The standard InChI is InChI=1S/C23H22ClN3O5S2/c24-18-11-13-19(14-12-18)25-23(28)22-17-26(33(29,30)20-7-3-1-4-8-20)15-16-27(22)34(31,32)21-9-5-2-6-10-21/h1-14,22H,15-17H2,(H,25,28)/t22-/m1/s1. The molecule has 1 amide bonds. The van der Waals surface area contributed by atoms with Crippen LogP contribution in [0.3, 0.4) is 0 Å². The van der Waals surface area contributed by atoms with Crippen LogP contribution in [0.15, 0.2) is 94.7 Å². The molecule has 11 heteroatoms. The van der Waals surface area contributed by atoms with Gasteiger partial charge in [-0.3, -0.25) is 4.79 Å². The van der Waals surface area contributed by atoms with E-state index in [0.29, 0.717) is 10.7 Å². The average molecular weight is 520 g/mol. The molecule has 0 bridgehead atoms. The molecule has 0 unspecified atom stereocenters. The fraction of sp³-hybridized carbons (Fsp3) is 0.174. The number of halogens is 1. The molecule has 1 fully saturated rings. The highest BCUT2D eigenvalue weighted by atomic mass is 35.5. The summed E-state index contributed by atoms with van der Waals surface area (Å²) in [6, 6.07) is 20.6. The van der Waals surface area contributed by atoms with Crippen LogP contribution in [0.5, 0.6) is 0 Å². The zero-order chi connectivity index (χ0) is 24.3. The van der Waals surface area contributed by atoms with Crippen molar-refractivity contribution >= 4 is 43.2 Å². The summed E-state index contributed by atoms with van der Waals surface area (Å²) in [5.41, 5.74) is 0.412. The number of nitrogens with one attached hydrogen (secondary N) is 1. The molecule has 0 aromatic heterocycles. The largest absolute Gasteiger partial charge is 0.325 e. The summed E-state index contributed by atoms with van der Waals surface area (Å²) in [5, 5.41) is 3.15. The number of rotatable bonds is 6. The van der Waals surface area contributed by atoms with Crippen LogP contribution in [0.1, 0.15) is 0 Å². The fourth-order valence-electron chi connectivity index (χ4n) is 3.69. The van der Waals surface area contributed by atoms with E-state index in [1.54, 1.807) is 60.7 Å². The summed E-state index contributed by atoms with van der Waals surface area (Å²) < 4.78 is 55.4. The molecule has 3 aromatic carbocycles.